The molecule has 0 heterocycles. The predicted octanol–water partition coefficient (Wildman–Crippen LogP) is 2.28. The molecule has 4 heteroatoms. The van der Waals surface area contributed by atoms with Crippen LogP contribution < -0.4 is 11.2 Å². The Bertz CT molecular complexity index is 441. The SMILES string of the molecule is CB(OC(C)(C)C(C)(C)O)c1cc(C)c(N)c(C)c1. The average molecular weight is 263 g/mol. The van der Waals surface area contributed by atoms with Gasteiger partial charge in [-0.25, -0.2) is 0 Å². The van der Waals surface area contributed by atoms with Crippen molar-refractivity contribution >= 4 is 18.1 Å². The number of rotatable bonds is 4. The minimum Gasteiger partial charge on any atom is -0.423 e. The van der Waals surface area contributed by atoms with Gasteiger partial charge in [0.1, 0.15) is 0 Å². The van der Waals surface area contributed by atoms with Crippen molar-refractivity contribution in [1.29, 1.82) is 0 Å². The van der Waals surface area contributed by atoms with Gasteiger partial charge in [0, 0.05) is 5.69 Å². The highest BCUT2D eigenvalue weighted by Gasteiger charge is 2.38. The number of aryl methyl sites for hydroxylation is 2. The summed E-state index contributed by atoms with van der Waals surface area (Å²) >= 11 is 0. The van der Waals surface area contributed by atoms with Gasteiger partial charge in [0.15, 0.2) is 0 Å². The fraction of sp³-hybridized carbons (Fsp3) is 0.600. The summed E-state index contributed by atoms with van der Waals surface area (Å²) in [6.45, 7) is 13.2. The quantitative estimate of drug-likeness (QED) is 0.647. The molecule has 0 saturated heterocycles. The number of nitrogens with two attached hydrogens (primary N) is 1. The van der Waals surface area contributed by atoms with Gasteiger partial charge in [-0.15, -0.1) is 0 Å². The summed E-state index contributed by atoms with van der Waals surface area (Å²) in [4.78, 5) is 0. The molecule has 0 fully saturated rings. The van der Waals surface area contributed by atoms with E-state index in [1.165, 1.54) is 0 Å². The third-order valence-corrected chi connectivity index (χ3v) is 4.03. The molecule has 0 aliphatic heterocycles. The topological polar surface area (TPSA) is 55.5 Å². The number of hydrogen-bond donors (Lipinski definition) is 2. The predicted molar refractivity (Wildman–Crippen MR) is 83.0 cm³/mol. The molecule has 0 atom stereocenters. The molecule has 1 aromatic rings. The van der Waals surface area contributed by atoms with Crippen molar-refractivity contribution in [2.24, 2.45) is 0 Å². The minimum absolute atomic E-state index is 0.0978. The lowest BCUT2D eigenvalue weighted by molar-refractivity contribution is -0.0918. The van der Waals surface area contributed by atoms with E-state index in [1.807, 2.05) is 46.7 Å². The van der Waals surface area contributed by atoms with Crippen molar-refractivity contribution in [3.05, 3.63) is 23.3 Å². The van der Waals surface area contributed by atoms with Gasteiger partial charge in [-0.1, -0.05) is 19.0 Å². The molecule has 1 rings (SSSR count). The Labute approximate surface area is 117 Å². The van der Waals surface area contributed by atoms with Crippen LogP contribution in [-0.4, -0.2) is 23.2 Å². The van der Waals surface area contributed by atoms with Crippen molar-refractivity contribution in [3.63, 3.8) is 0 Å². The highest BCUT2D eigenvalue weighted by atomic mass is 16.5. The zero-order valence-corrected chi connectivity index (χ0v) is 13.2. The van der Waals surface area contributed by atoms with Gasteiger partial charge in [0.05, 0.1) is 11.2 Å². The molecule has 0 unspecified atom stereocenters. The summed E-state index contributed by atoms with van der Waals surface area (Å²) in [7, 11) is 0. The van der Waals surface area contributed by atoms with E-state index in [2.05, 4.69) is 0 Å². The molecule has 0 aromatic heterocycles. The van der Waals surface area contributed by atoms with E-state index in [-0.39, 0.29) is 6.92 Å². The van der Waals surface area contributed by atoms with Crippen LogP contribution in [0.25, 0.3) is 0 Å². The summed E-state index contributed by atoms with van der Waals surface area (Å²) in [6, 6.07) is 4.10. The van der Waals surface area contributed by atoms with Gasteiger partial charge in [-0.2, -0.15) is 0 Å². The van der Waals surface area contributed by atoms with E-state index in [4.69, 9.17) is 10.4 Å². The third-order valence-electron chi connectivity index (χ3n) is 4.03. The van der Waals surface area contributed by atoms with Crippen LogP contribution in [0.5, 0.6) is 0 Å². The first-order valence-electron chi connectivity index (χ1n) is 6.72. The second-order valence-corrected chi connectivity index (χ2v) is 6.40. The summed E-state index contributed by atoms with van der Waals surface area (Å²) in [5, 5.41) is 10.1. The van der Waals surface area contributed by atoms with Gasteiger partial charge >= 0.3 is 6.92 Å². The molecular formula is C15H26BNO2. The summed E-state index contributed by atoms with van der Waals surface area (Å²) in [5.41, 5.74) is 8.47. The Hall–Kier alpha value is -0.995. The van der Waals surface area contributed by atoms with E-state index < -0.39 is 11.2 Å². The second-order valence-electron chi connectivity index (χ2n) is 6.40. The maximum atomic E-state index is 10.1. The molecule has 0 amide bonds. The smallest absolute Gasteiger partial charge is 0.324 e. The van der Waals surface area contributed by atoms with Gasteiger partial charge in [0.2, 0.25) is 0 Å². The molecule has 0 spiro atoms. The van der Waals surface area contributed by atoms with Crippen LogP contribution in [0, 0.1) is 13.8 Å². The van der Waals surface area contributed by atoms with Crippen molar-refractivity contribution in [3.8, 4) is 0 Å². The van der Waals surface area contributed by atoms with Gasteiger partial charge in [-0.3, -0.25) is 0 Å². The van der Waals surface area contributed by atoms with E-state index in [9.17, 15) is 5.11 Å². The third kappa shape index (κ3) is 3.51. The molecule has 1 aromatic carbocycles. The first kappa shape index (κ1) is 16.1. The van der Waals surface area contributed by atoms with E-state index in [0.29, 0.717) is 0 Å². The van der Waals surface area contributed by atoms with Crippen molar-refractivity contribution in [2.75, 3.05) is 5.73 Å². The number of aliphatic hydroxyl groups is 1. The van der Waals surface area contributed by atoms with E-state index >= 15 is 0 Å². The van der Waals surface area contributed by atoms with Gasteiger partial charge < -0.3 is 15.5 Å². The molecule has 0 radical (unpaired) electrons. The van der Waals surface area contributed by atoms with Crippen LogP contribution in [-0.2, 0) is 4.65 Å². The highest BCUT2D eigenvalue weighted by Crippen LogP contribution is 2.26. The Balaban J connectivity index is 3.00. The molecule has 0 aliphatic rings. The molecule has 0 aliphatic carbocycles. The standard InChI is InChI=1S/C15H26BNO2/c1-10-8-12(9-11(2)13(10)17)16(7)19-15(5,6)14(3,4)18/h8-9,18H,17H2,1-7H3. The fourth-order valence-corrected chi connectivity index (χ4v) is 1.90. The lowest BCUT2D eigenvalue weighted by Gasteiger charge is -2.39. The van der Waals surface area contributed by atoms with Crippen LogP contribution in [0.15, 0.2) is 12.1 Å². The molecule has 0 bridgehead atoms. The lowest BCUT2D eigenvalue weighted by Crippen LogP contribution is -2.52. The fourth-order valence-electron chi connectivity index (χ4n) is 1.90. The normalized spacial score (nSPS) is 12.6. The maximum absolute atomic E-state index is 10.1. The van der Waals surface area contributed by atoms with Crippen molar-refractivity contribution in [2.45, 2.75) is 59.6 Å². The molecule has 3 N–H and O–H groups in total. The van der Waals surface area contributed by atoms with Gasteiger partial charge in [-0.05, 0) is 58.1 Å². The van der Waals surface area contributed by atoms with E-state index in [1.54, 1.807) is 13.8 Å². The van der Waals surface area contributed by atoms with Crippen molar-refractivity contribution < 1.29 is 9.76 Å². The van der Waals surface area contributed by atoms with Crippen LogP contribution in [0.4, 0.5) is 5.69 Å². The largest absolute Gasteiger partial charge is 0.423 e. The number of benzene rings is 1. The Morgan fingerprint density at radius 3 is 1.89 bits per heavy atom. The van der Waals surface area contributed by atoms with Crippen LogP contribution in [0.3, 0.4) is 0 Å². The first-order valence-corrected chi connectivity index (χ1v) is 6.72. The average Bonchev–Trinajstić information content (AvgIpc) is 2.22. The molecular weight excluding hydrogens is 237 g/mol. The number of hydrogen-bond acceptors (Lipinski definition) is 3. The van der Waals surface area contributed by atoms with Crippen molar-refractivity contribution in [1.82, 2.24) is 0 Å². The Morgan fingerprint density at radius 1 is 1.11 bits per heavy atom. The number of nitrogen functional groups attached to an aromatic ring is 1. The van der Waals surface area contributed by atoms with Gasteiger partial charge in [0.25, 0.3) is 0 Å². The minimum atomic E-state index is -0.904. The second kappa shape index (κ2) is 5.18. The Morgan fingerprint density at radius 2 is 1.53 bits per heavy atom. The summed E-state index contributed by atoms with van der Waals surface area (Å²) in [6.07, 6.45) is 0. The van der Waals surface area contributed by atoms with Crippen LogP contribution in [0.1, 0.15) is 38.8 Å². The zero-order valence-electron chi connectivity index (χ0n) is 13.2. The molecule has 0 saturated carbocycles. The molecule has 19 heavy (non-hydrogen) atoms. The summed E-state index contributed by atoms with van der Waals surface area (Å²) in [5.74, 6) is 0. The number of anilines is 1. The summed E-state index contributed by atoms with van der Waals surface area (Å²) < 4.78 is 6.05. The highest BCUT2D eigenvalue weighted by molar-refractivity contribution is 6.66. The first-order chi connectivity index (χ1) is 8.45. The molecule has 3 nitrogen and oxygen atoms in total. The van der Waals surface area contributed by atoms with Crippen LogP contribution in [0.2, 0.25) is 6.82 Å². The molecule has 106 valence electrons. The Kier molecular flexibility index (Phi) is 4.38. The maximum Gasteiger partial charge on any atom is 0.324 e. The monoisotopic (exact) mass is 263 g/mol. The van der Waals surface area contributed by atoms with Crippen LogP contribution >= 0.6 is 0 Å². The zero-order chi connectivity index (χ0) is 15.0. The van der Waals surface area contributed by atoms with E-state index in [0.717, 1.165) is 22.3 Å². The lowest BCUT2D eigenvalue weighted by atomic mass is 9.62.